The second kappa shape index (κ2) is 4.90. The lowest BCUT2D eigenvalue weighted by Crippen LogP contribution is -2.26. The van der Waals surface area contributed by atoms with Crippen molar-refractivity contribution in [3.63, 3.8) is 0 Å². The predicted molar refractivity (Wildman–Crippen MR) is 65.3 cm³/mol. The van der Waals surface area contributed by atoms with E-state index in [1.165, 1.54) is 4.88 Å². The van der Waals surface area contributed by atoms with Gasteiger partial charge in [0.25, 0.3) is 0 Å². The third kappa shape index (κ3) is 3.76. The van der Waals surface area contributed by atoms with Crippen molar-refractivity contribution in [2.75, 3.05) is 0 Å². The van der Waals surface area contributed by atoms with Gasteiger partial charge in [-0.15, -0.1) is 17.9 Å². The minimum absolute atomic E-state index is 0.639. The van der Waals surface area contributed by atoms with Gasteiger partial charge in [0.15, 0.2) is 0 Å². The van der Waals surface area contributed by atoms with Gasteiger partial charge in [-0.2, -0.15) is 0 Å². The van der Waals surface area contributed by atoms with Crippen molar-refractivity contribution in [3.8, 4) is 0 Å². The van der Waals surface area contributed by atoms with Gasteiger partial charge in [-0.05, 0) is 33.6 Å². The molecule has 0 aliphatic carbocycles. The topological polar surface area (TPSA) is 33.1 Å². The molecule has 15 heavy (non-hydrogen) atoms. The molecule has 2 nitrogen and oxygen atoms in total. The van der Waals surface area contributed by atoms with Crippen molar-refractivity contribution in [2.24, 2.45) is 0 Å². The van der Waals surface area contributed by atoms with Crippen LogP contribution < -0.4 is 0 Å². The zero-order valence-electron chi connectivity index (χ0n) is 9.71. The van der Waals surface area contributed by atoms with Crippen LogP contribution in [0.1, 0.15) is 35.3 Å². The van der Waals surface area contributed by atoms with Crippen LogP contribution in [0.2, 0.25) is 0 Å². The third-order valence-corrected chi connectivity index (χ3v) is 3.56. The van der Waals surface area contributed by atoms with E-state index >= 15 is 0 Å². The molecular weight excluding hydrogens is 206 g/mol. The first-order valence-electron chi connectivity index (χ1n) is 5.21. The molecule has 0 saturated carbocycles. The number of nitrogens with zero attached hydrogens (tertiary/aromatic N) is 1. The van der Waals surface area contributed by atoms with Crippen molar-refractivity contribution in [1.29, 1.82) is 0 Å². The zero-order chi connectivity index (χ0) is 11.5. The highest BCUT2D eigenvalue weighted by atomic mass is 32.1. The standard InChI is InChI=1S/C12H19NOS/c1-5-6-7-12(4,14)8-11-13-9(2)10(3)15-11/h5,14H,1,6-8H2,2-4H3. The minimum Gasteiger partial charge on any atom is -0.390 e. The lowest BCUT2D eigenvalue weighted by atomic mass is 9.97. The first-order valence-corrected chi connectivity index (χ1v) is 6.02. The summed E-state index contributed by atoms with van der Waals surface area (Å²) in [7, 11) is 0. The lowest BCUT2D eigenvalue weighted by Gasteiger charge is -2.21. The third-order valence-electron chi connectivity index (χ3n) is 2.49. The van der Waals surface area contributed by atoms with Crippen molar-refractivity contribution in [1.82, 2.24) is 4.98 Å². The van der Waals surface area contributed by atoms with E-state index in [-0.39, 0.29) is 0 Å². The Morgan fingerprint density at radius 3 is 2.67 bits per heavy atom. The van der Waals surface area contributed by atoms with Crippen LogP contribution in [-0.4, -0.2) is 15.7 Å². The van der Waals surface area contributed by atoms with E-state index < -0.39 is 5.60 Å². The Labute approximate surface area is 95.7 Å². The van der Waals surface area contributed by atoms with Crippen LogP contribution in [0.3, 0.4) is 0 Å². The summed E-state index contributed by atoms with van der Waals surface area (Å²) in [5.41, 5.74) is 0.416. The normalized spacial score (nSPS) is 14.9. The second-order valence-electron chi connectivity index (χ2n) is 4.25. The summed E-state index contributed by atoms with van der Waals surface area (Å²) < 4.78 is 0. The zero-order valence-corrected chi connectivity index (χ0v) is 10.5. The molecule has 0 saturated heterocycles. The Morgan fingerprint density at radius 2 is 2.20 bits per heavy atom. The Morgan fingerprint density at radius 1 is 1.53 bits per heavy atom. The fourth-order valence-corrected chi connectivity index (χ4v) is 2.55. The van der Waals surface area contributed by atoms with Crippen molar-refractivity contribution < 1.29 is 5.11 Å². The fraction of sp³-hybridized carbons (Fsp3) is 0.583. The number of hydrogen-bond donors (Lipinski definition) is 1. The maximum atomic E-state index is 10.1. The molecule has 3 heteroatoms. The summed E-state index contributed by atoms with van der Waals surface area (Å²) in [4.78, 5) is 5.68. The number of thiazole rings is 1. The summed E-state index contributed by atoms with van der Waals surface area (Å²) in [5.74, 6) is 0. The van der Waals surface area contributed by atoms with Crippen LogP contribution >= 0.6 is 11.3 Å². The Balaban J connectivity index is 2.63. The molecule has 1 aromatic rings. The Hall–Kier alpha value is -0.670. The quantitative estimate of drug-likeness (QED) is 0.781. The Bertz CT molecular complexity index is 322. The minimum atomic E-state index is -0.662. The molecule has 1 heterocycles. The van der Waals surface area contributed by atoms with E-state index in [1.807, 2.05) is 19.9 Å². The molecule has 0 aromatic carbocycles. The monoisotopic (exact) mass is 225 g/mol. The van der Waals surface area contributed by atoms with Gasteiger partial charge in [-0.3, -0.25) is 0 Å². The molecule has 1 atom stereocenters. The van der Waals surface area contributed by atoms with Crippen molar-refractivity contribution >= 4 is 11.3 Å². The molecule has 1 rings (SSSR count). The van der Waals surface area contributed by atoms with E-state index in [9.17, 15) is 5.11 Å². The van der Waals surface area contributed by atoms with Crippen LogP contribution in [-0.2, 0) is 6.42 Å². The average Bonchev–Trinajstić information content (AvgIpc) is 2.41. The van der Waals surface area contributed by atoms with Gasteiger partial charge >= 0.3 is 0 Å². The number of allylic oxidation sites excluding steroid dienone is 1. The molecule has 0 amide bonds. The SMILES string of the molecule is C=CCCC(C)(O)Cc1nc(C)c(C)s1. The average molecular weight is 225 g/mol. The van der Waals surface area contributed by atoms with E-state index in [0.29, 0.717) is 6.42 Å². The maximum Gasteiger partial charge on any atom is 0.0959 e. The van der Waals surface area contributed by atoms with Crippen molar-refractivity contribution in [2.45, 2.75) is 45.6 Å². The highest BCUT2D eigenvalue weighted by molar-refractivity contribution is 7.11. The van der Waals surface area contributed by atoms with E-state index in [0.717, 1.165) is 23.5 Å². The molecule has 1 N–H and O–H groups in total. The number of aliphatic hydroxyl groups is 1. The van der Waals surface area contributed by atoms with E-state index in [1.54, 1.807) is 11.3 Å². The first kappa shape index (κ1) is 12.4. The smallest absolute Gasteiger partial charge is 0.0959 e. The summed E-state index contributed by atoms with van der Waals surface area (Å²) in [6.45, 7) is 9.60. The summed E-state index contributed by atoms with van der Waals surface area (Å²) in [5, 5.41) is 11.1. The number of rotatable bonds is 5. The van der Waals surface area contributed by atoms with Gasteiger partial charge in [0, 0.05) is 11.3 Å². The number of hydrogen-bond acceptors (Lipinski definition) is 3. The molecular formula is C12H19NOS. The highest BCUT2D eigenvalue weighted by Gasteiger charge is 2.22. The summed E-state index contributed by atoms with van der Waals surface area (Å²) in [6, 6.07) is 0. The molecule has 0 radical (unpaired) electrons. The second-order valence-corrected chi connectivity index (χ2v) is 5.54. The van der Waals surface area contributed by atoms with Crippen LogP contribution in [0.5, 0.6) is 0 Å². The predicted octanol–water partition coefficient (Wildman–Crippen LogP) is 3.02. The molecule has 1 aromatic heterocycles. The van der Waals surface area contributed by atoms with Crippen LogP contribution in [0.15, 0.2) is 12.7 Å². The van der Waals surface area contributed by atoms with Gasteiger partial charge in [0.2, 0.25) is 0 Å². The number of aryl methyl sites for hydroxylation is 2. The van der Waals surface area contributed by atoms with Crippen LogP contribution in [0.4, 0.5) is 0 Å². The number of aromatic nitrogens is 1. The molecule has 0 fully saturated rings. The Kier molecular flexibility index (Phi) is 4.05. The largest absolute Gasteiger partial charge is 0.390 e. The van der Waals surface area contributed by atoms with Crippen LogP contribution in [0.25, 0.3) is 0 Å². The van der Waals surface area contributed by atoms with Gasteiger partial charge in [0.1, 0.15) is 0 Å². The van der Waals surface area contributed by atoms with Gasteiger partial charge in [-0.1, -0.05) is 6.08 Å². The molecule has 0 spiro atoms. The summed E-state index contributed by atoms with van der Waals surface area (Å²) in [6.07, 6.45) is 4.07. The van der Waals surface area contributed by atoms with Gasteiger partial charge < -0.3 is 5.11 Å². The van der Waals surface area contributed by atoms with Crippen molar-refractivity contribution in [3.05, 3.63) is 28.2 Å². The maximum absolute atomic E-state index is 10.1. The van der Waals surface area contributed by atoms with Crippen LogP contribution in [0, 0.1) is 13.8 Å². The lowest BCUT2D eigenvalue weighted by molar-refractivity contribution is 0.0523. The summed E-state index contributed by atoms with van der Waals surface area (Å²) >= 11 is 1.68. The first-order chi connectivity index (χ1) is 6.94. The highest BCUT2D eigenvalue weighted by Crippen LogP contribution is 2.23. The molecule has 0 aliphatic rings. The van der Waals surface area contributed by atoms with Gasteiger partial charge in [0.05, 0.1) is 16.3 Å². The molecule has 0 aliphatic heterocycles. The van der Waals surface area contributed by atoms with Gasteiger partial charge in [-0.25, -0.2) is 4.98 Å². The molecule has 1 unspecified atom stereocenters. The van der Waals surface area contributed by atoms with E-state index in [2.05, 4.69) is 18.5 Å². The fourth-order valence-electron chi connectivity index (χ4n) is 1.44. The molecule has 84 valence electrons. The molecule has 0 bridgehead atoms. The van der Waals surface area contributed by atoms with E-state index in [4.69, 9.17) is 0 Å².